The van der Waals surface area contributed by atoms with Gasteiger partial charge in [-0.1, -0.05) is 12.8 Å². The van der Waals surface area contributed by atoms with Gasteiger partial charge >= 0.3 is 0 Å². The Morgan fingerprint density at radius 1 is 1.17 bits per heavy atom. The first-order valence-electron chi connectivity index (χ1n) is 6.77. The van der Waals surface area contributed by atoms with E-state index in [2.05, 4.69) is 21.2 Å². The molecule has 0 radical (unpaired) electrons. The van der Waals surface area contributed by atoms with Gasteiger partial charge in [-0.3, -0.25) is 10.00 Å². The molecule has 96 valence electrons. The topological polar surface area (TPSA) is 57.9 Å². The average Bonchev–Trinajstić information content (AvgIpc) is 2.65. The number of H-pyrrole nitrogens is 1. The summed E-state index contributed by atoms with van der Waals surface area (Å²) in [7, 11) is 0. The molecule has 0 saturated carbocycles. The van der Waals surface area contributed by atoms with E-state index in [1.54, 1.807) is 0 Å². The van der Waals surface area contributed by atoms with Gasteiger partial charge in [-0.05, 0) is 43.6 Å². The molecule has 0 spiro atoms. The van der Waals surface area contributed by atoms with E-state index in [1.807, 2.05) is 12.3 Å². The van der Waals surface area contributed by atoms with E-state index >= 15 is 0 Å². The van der Waals surface area contributed by atoms with Gasteiger partial charge in [0.2, 0.25) is 0 Å². The van der Waals surface area contributed by atoms with Crippen LogP contribution in [-0.2, 0) is 6.54 Å². The summed E-state index contributed by atoms with van der Waals surface area (Å²) in [5.74, 6) is 0. The molecule has 4 nitrogen and oxygen atoms in total. The second-order valence-electron chi connectivity index (χ2n) is 5.20. The molecule has 3 rings (SSSR count). The largest absolute Gasteiger partial charge is 0.398 e. The lowest BCUT2D eigenvalue weighted by molar-refractivity contribution is 0.277. The Morgan fingerprint density at radius 3 is 2.72 bits per heavy atom. The highest BCUT2D eigenvalue weighted by Crippen LogP contribution is 2.22. The number of aromatic nitrogens is 2. The van der Waals surface area contributed by atoms with Gasteiger partial charge < -0.3 is 5.73 Å². The number of hydrogen-bond acceptors (Lipinski definition) is 3. The molecule has 0 atom stereocenters. The fourth-order valence-corrected chi connectivity index (χ4v) is 2.73. The Morgan fingerprint density at radius 2 is 1.94 bits per heavy atom. The highest BCUT2D eigenvalue weighted by Gasteiger charge is 2.12. The van der Waals surface area contributed by atoms with Gasteiger partial charge in [0.15, 0.2) is 0 Å². The van der Waals surface area contributed by atoms with Crippen molar-refractivity contribution in [3.8, 4) is 0 Å². The lowest BCUT2D eigenvalue weighted by Gasteiger charge is -2.20. The van der Waals surface area contributed by atoms with E-state index in [0.717, 1.165) is 23.1 Å². The number of benzene rings is 1. The Labute approximate surface area is 107 Å². The van der Waals surface area contributed by atoms with E-state index in [-0.39, 0.29) is 0 Å². The zero-order valence-corrected chi connectivity index (χ0v) is 10.7. The number of nitrogen functional groups attached to an aromatic ring is 1. The van der Waals surface area contributed by atoms with Gasteiger partial charge in [0.05, 0.1) is 11.7 Å². The van der Waals surface area contributed by atoms with Crippen molar-refractivity contribution in [3.05, 3.63) is 23.9 Å². The van der Waals surface area contributed by atoms with Crippen molar-refractivity contribution in [2.45, 2.75) is 32.2 Å². The molecule has 18 heavy (non-hydrogen) atoms. The fraction of sp³-hybridized carbons (Fsp3) is 0.500. The molecule has 1 fully saturated rings. The summed E-state index contributed by atoms with van der Waals surface area (Å²) in [4.78, 5) is 2.51. The molecule has 2 heterocycles. The van der Waals surface area contributed by atoms with Crippen LogP contribution in [0.3, 0.4) is 0 Å². The lowest BCUT2D eigenvalue weighted by atomic mass is 10.1. The number of hydrogen-bond donors (Lipinski definition) is 2. The molecule has 1 saturated heterocycles. The smallest absolute Gasteiger partial charge is 0.0655 e. The summed E-state index contributed by atoms with van der Waals surface area (Å²) < 4.78 is 0. The molecule has 0 bridgehead atoms. The Hall–Kier alpha value is -1.55. The lowest BCUT2D eigenvalue weighted by Crippen LogP contribution is -2.24. The van der Waals surface area contributed by atoms with Gasteiger partial charge in [0.25, 0.3) is 0 Å². The summed E-state index contributed by atoms with van der Waals surface area (Å²) in [6, 6.07) is 4.16. The Bertz CT molecular complexity index is 524. The minimum absolute atomic E-state index is 0.883. The van der Waals surface area contributed by atoms with Crippen LogP contribution in [0.2, 0.25) is 0 Å². The number of nitrogens with zero attached hydrogens (tertiary/aromatic N) is 2. The highest BCUT2D eigenvalue weighted by atomic mass is 15.1. The third-order valence-electron chi connectivity index (χ3n) is 3.79. The van der Waals surface area contributed by atoms with Crippen LogP contribution < -0.4 is 5.73 Å². The van der Waals surface area contributed by atoms with E-state index < -0.39 is 0 Å². The predicted octanol–water partition coefficient (Wildman–Crippen LogP) is 2.52. The molecule has 0 aliphatic carbocycles. The normalized spacial score (nSPS) is 18.0. The minimum atomic E-state index is 0.883. The van der Waals surface area contributed by atoms with Crippen molar-refractivity contribution in [2.75, 3.05) is 18.8 Å². The number of rotatable bonds is 2. The maximum Gasteiger partial charge on any atom is 0.0655 e. The molecular formula is C14H20N4. The van der Waals surface area contributed by atoms with Gasteiger partial charge in [0.1, 0.15) is 0 Å². The van der Waals surface area contributed by atoms with Crippen LogP contribution in [-0.4, -0.2) is 28.2 Å². The van der Waals surface area contributed by atoms with Crippen LogP contribution >= 0.6 is 0 Å². The first kappa shape index (κ1) is 11.5. The Kier molecular flexibility index (Phi) is 3.19. The van der Waals surface area contributed by atoms with Crippen molar-refractivity contribution in [1.29, 1.82) is 0 Å². The Balaban J connectivity index is 1.82. The second kappa shape index (κ2) is 4.98. The summed E-state index contributed by atoms with van der Waals surface area (Å²) >= 11 is 0. The number of aromatic amines is 1. The number of nitrogens with two attached hydrogens (primary N) is 1. The van der Waals surface area contributed by atoms with E-state index in [9.17, 15) is 0 Å². The minimum Gasteiger partial charge on any atom is -0.398 e. The molecule has 4 heteroatoms. The van der Waals surface area contributed by atoms with Crippen molar-refractivity contribution in [2.24, 2.45) is 0 Å². The molecule has 0 amide bonds. The first-order valence-corrected chi connectivity index (χ1v) is 6.77. The molecule has 1 aromatic heterocycles. The molecule has 1 aliphatic heterocycles. The molecule has 2 aromatic rings. The van der Waals surface area contributed by atoms with Crippen LogP contribution in [0, 0.1) is 0 Å². The third-order valence-corrected chi connectivity index (χ3v) is 3.79. The van der Waals surface area contributed by atoms with Crippen molar-refractivity contribution < 1.29 is 0 Å². The van der Waals surface area contributed by atoms with Crippen molar-refractivity contribution >= 4 is 16.6 Å². The van der Waals surface area contributed by atoms with E-state index in [1.165, 1.54) is 44.3 Å². The van der Waals surface area contributed by atoms with Gasteiger partial charge in [-0.15, -0.1) is 0 Å². The summed E-state index contributed by atoms with van der Waals surface area (Å²) in [5, 5.41) is 8.15. The van der Waals surface area contributed by atoms with Crippen LogP contribution in [0.4, 0.5) is 5.69 Å². The SMILES string of the molecule is Nc1cc2cn[nH]c2cc1CN1CCCCCC1. The van der Waals surface area contributed by atoms with Crippen LogP contribution in [0.1, 0.15) is 31.2 Å². The molecule has 3 N–H and O–H groups in total. The van der Waals surface area contributed by atoms with E-state index in [0.29, 0.717) is 0 Å². The zero-order valence-electron chi connectivity index (χ0n) is 10.7. The van der Waals surface area contributed by atoms with Gasteiger partial charge in [-0.2, -0.15) is 5.10 Å². The van der Waals surface area contributed by atoms with Crippen LogP contribution in [0.15, 0.2) is 18.3 Å². The highest BCUT2D eigenvalue weighted by molar-refractivity contribution is 5.83. The third kappa shape index (κ3) is 2.34. The monoisotopic (exact) mass is 244 g/mol. The number of fused-ring (bicyclic) bond motifs is 1. The van der Waals surface area contributed by atoms with Gasteiger partial charge in [-0.25, -0.2) is 0 Å². The quantitative estimate of drug-likeness (QED) is 0.798. The van der Waals surface area contributed by atoms with E-state index in [4.69, 9.17) is 5.73 Å². The second-order valence-corrected chi connectivity index (χ2v) is 5.20. The standard InChI is InChI=1S/C14H20N4/c15-13-7-11-9-16-17-14(11)8-12(13)10-18-5-3-1-2-4-6-18/h7-9H,1-6,10,15H2,(H,16,17). The summed E-state index contributed by atoms with van der Waals surface area (Å²) in [6.45, 7) is 3.35. The summed E-state index contributed by atoms with van der Waals surface area (Å²) in [5.41, 5.74) is 9.31. The van der Waals surface area contributed by atoms with Gasteiger partial charge in [0, 0.05) is 17.6 Å². The molecular weight excluding hydrogens is 224 g/mol. The number of likely N-dealkylation sites (tertiary alicyclic amines) is 1. The van der Waals surface area contributed by atoms with Crippen molar-refractivity contribution in [3.63, 3.8) is 0 Å². The van der Waals surface area contributed by atoms with Crippen molar-refractivity contribution in [1.82, 2.24) is 15.1 Å². The maximum atomic E-state index is 6.13. The summed E-state index contributed by atoms with van der Waals surface area (Å²) in [6.07, 6.45) is 7.18. The molecule has 0 unspecified atom stereocenters. The zero-order chi connectivity index (χ0) is 12.4. The fourth-order valence-electron chi connectivity index (χ4n) is 2.73. The predicted molar refractivity (Wildman–Crippen MR) is 74.3 cm³/mol. The maximum absolute atomic E-state index is 6.13. The molecule has 1 aliphatic rings. The number of anilines is 1. The first-order chi connectivity index (χ1) is 8.83. The van der Waals surface area contributed by atoms with Crippen LogP contribution in [0.5, 0.6) is 0 Å². The number of nitrogens with one attached hydrogen (secondary N) is 1. The average molecular weight is 244 g/mol. The van der Waals surface area contributed by atoms with Crippen LogP contribution in [0.25, 0.3) is 10.9 Å². The molecule has 1 aromatic carbocycles.